The Morgan fingerprint density at radius 2 is 1.95 bits per heavy atom. The van der Waals surface area contributed by atoms with Crippen LogP contribution in [0.25, 0.3) is 0 Å². The maximum Gasteiger partial charge on any atom is 0.263 e. The predicted octanol–water partition coefficient (Wildman–Crippen LogP) is 3.49. The third-order valence-electron chi connectivity index (χ3n) is 2.68. The topological polar surface area (TPSA) is 81.4 Å². The number of sulfonamides is 1. The van der Waals surface area contributed by atoms with Crippen LogP contribution in [0.5, 0.6) is 5.75 Å². The lowest BCUT2D eigenvalue weighted by Crippen LogP contribution is -2.15. The molecular formula is C13H12BrClN2O3S. The first-order valence-electron chi connectivity index (χ1n) is 5.75. The van der Waals surface area contributed by atoms with Crippen LogP contribution in [0.1, 0.15) is 0 Å². The van der Waals surface area contributed by atoms with Crippen LogP contribution in [0.15, 0.2) is 45.8 Å². The van der Waals surface area contributed by atoms with E-state index in [2.05, 4.69) is 20.7 Å². The zero-order valence-corrected chi connectivity index (χ0v) is 14.1. The van der Waals surface area contributed by atoms with E-state index in [1.54, 1.807) is 18.2 Å². The molecule has 8 heteroatoms. The van der Waals surface area contributed by atoms with Gasteiger partial charge in [-0.25, -0.2) is 8.42 Å². The van der Waals surface area contributed by atoms with Gasteiger partial charge in [-0.05, 0) is 46.3 Å². The van der Waals surface area contributed by atoms with Crippen molar-refractivity contribution in [3.8, 4) is 5.75 Å². The standard InChI is InChI=1S/C13H12BrClN2O3S/c1-20-9-3-4-10(14)12(7-9)17-21(18,19)13-5-2-8(15)6-11(13)16/h2-7,17H,16H2,1H3. The Balaban J connectivity index is 2.42. The summed E-state index contributed by atoms with van der Waals surface area (Å²) in [7, 11) is -2.33. The molecule has 2 aromatic rings. The Bertz CT molecular complexity index is 781. The fourth-order valence-corrected chi connectivity index (χ4v) is 3.52. The number of ether oxygens (including phenoxy) is 1. The lowest BCUT2D eigenvalue weighted by molar-refractivity contribution is 0.415. The fraction of sp³-hybridized carbons (Fsp3) is 0.0769. The van der Waals surface area contributed by atoms with Gasteiger partial charge in [0, 0.05) is 15.6 Å². The van der Waals surface area contributed by atoms with Crippen molar-refractivity contribution in [3.63, 3.8) is 0 Å². The smallest absolute Gasteiger partial charge is 0.263 e. The summed E-state index contributed by atoms with van der Waals surface area (Å²) in [5.41, 5.74) is 6.14. The van der Waals surface area contributed by atoms with E-state index in [9.17, 15) is 8.42 Å². The van der Waals surface area contributed by atoms with E-state index in [1.807, 2.05) is 0 Å². The molecule has 0 unspecified atom stereocenters. The van der Waals surface area contributed by atoms with Gasteiger partial charge in [-0.15, -0.1) is 0 Å². The summed E-state index contributed by atoms with van der Waals surface area (Å²) in [6, 6.07) is 9.16. The average molecular weight is 392 g/mol. The molecule has 0 aromatic heterocycles. The molecule has 0 amide bonds. The number of benzene rings is 2. The Kier molecular flexibility index (Phi) is 4.65. The van der Waals surface area contributed by atoms with E-state index in [-0.39, 0.29) is 10.6 Å². The van der Waals surface area contributed by atoms with Crippen molar-refractivity contribution in [2.24, 2.45) is 0 Å². The number of nitrogen functional groups attached to an aromatic ring is 1. The quantitative estimate of drug-likeness (QED) is 0.782. The second-order valence-electron chi connectivity index (χ2n) is 4.13. The number of rotatable bonds is 4. The van der Waals surface area contributed by atoms with Gasteiger partial charge < -0.3 is 10.5 Å². The van der Waals surface area contributed by atoms with Crippen LogP contribution in [0.2, 0.25) is 5.02 Å². The molecule has 0 saturated heterocycles. The number of nitrogens with one attached hydrogen (secondary N) is 1. The third-order valence-corrected chi connectivity index (χ3v) is 5.05. The van der Waals surface area contributed by atoms with Crippen LogP contribution >= 0.6 is 27.5 Å². The summed E-state index contributed by atoms with van der Waals surface area (Å²) in [6.45, 7) is 0. The third kappa shape index (κ3) is 3.61. The normalized spacial score (nSPS) is 11.2. The number of methoxy groups -OCH3 is 1. The summed E-state index contributed by atoms with van der Waals surface area (Å²) >= 11 is 9.05. The molecule has 0 atom stereocenters. The molecule has 0 radical (unpaired) electrons. The molecule has 0 spiro atoms. The Morgan fingerprint density at radius 3 is 2.57 bits per heavy atom. The highest BCUT2D eigenvalue weighted by Gasteiger charge is 2.19. The molecule has 0 aliphatic rings. The second-order valence-corrected chi connectivity index (χ2v) is 7.08. The molecule has 112 valence electrons. The highest BCUT2D eigenvalue weighted by atomic mass is 79.9. The van der Waals surface area contributed by atoms with Gasteiger partial charge in [-0.2, -0.15) is 0 Å². The molecule has 0 saturated carbocycles. The van der Waals surface area contributed by atoms with E-state index in [4.69, 9.17) is 22.1 Å². The summed E-state index contributed by atoms with van der Waals surface area (Å²) in [4.78, 5) is -0.0402. The van der Waals surface area contributed by atoms with Gasteiger partial charge in [-0.3, -0.25) is 4.72 Å². The van der Waals surface area contributed by atoms with E-state index < -0.39 is 10.0 Å². The first-order valence-corrected chi connectivity index (χ1v) is 8.40. The van der Waals surface area contributed by atoms with Gasteiger partial charge in [0.1, 0.15) is 10.6 Å². The summed E-state index contributed by atoms with van der Waals surface area (Å²) in [6.07, 6.45) is 0. The Hall–Kier alpha value is -1.44. The minimum atomic E-state index is -3.83. The van der Waals surface area contributed by atoms with E-state index >= 15 is 0 Å². The molecule has 5 nitrogen and oxygen atoms in total. The maximum absolute atomic E-state index is 12.4. The first-order chi connectivity index (χ1) is 9.83. The van der Waals surface area contributed by atoms with Crippen molar-refractivity contribution in [1.82, 2.24) is 0 Å². The number of halogens is 2. The van der Waals surface area contributed by atoms with Crippen molar-refractivity contribution in [1.29, 1.82) is 0 Å². The molecule has 3 N–H and O–H groups in total. The van der Waals surface area contributed by atoms with Crippen LogP contribution in [0.4, 0.5) is 11.4 Å². The highest BCUT2D eigenvalue weighted by molar-refractivity contribution is 9.10. The molecule has 0 bridgehead atoms. The van der Waals surface area contributed by atoms with Gasteiger partial charge in [0.25, 0.3) is 10.0 Å². The van der Waals surface area contributed by atoms with Crippen LogP contribution in [-0.2, 0) is 10.0 Å². The molecule has 0 aliphatic heterocycles. The van der Waals surface area contributed by atoms with Crippen molar-refractivity contribution in [3.05, 3.63) is 45.9 Å². The molecule has 21 heavy (non-hydrogen) atoms. The minimum absolute atomic E-state index is 0.0402. The highest BCUT2D eigenvalue weighted by Crippen LogP contribution is 2.30. The number of hydrogen-bond acceptors (Lipinski definition) is 4. The predicted molar refractivity (Wildman–Crippen MR) is 87.4 cm³/mol. The van der Waals surface area contributed by atoms with E-state index in [1.165, 1.54) is 25.3 Å². The summed E-state index contributed by atoms with van der Waals surface area (Å²) < 4.78 is 32.9. The van der Waals surface area contributed by atoms with Crippen LogP contribution in [-0.4, -0.2) is 15.5 Å². The van der Waals surface area contributed by atoms with Gasteiger partial charge in [0.2, 0.25) is 0 Å². The minimum Gasteiger partial charge on any atom is -0.497 e. The van der Waals surface area contributed by atoms with Crippen LogP contribution < -0.4 is 15.2 Å². The second kappa shape index (κ2) is 6.13. The molecule has 2 aromatic carbocycles. The van der Waals surface area contributed by atoms with Gasteiger partial charge in [0.05, 0.1) is 18.5 Å². The fourth-order valence-electron chi connectivity index (χ4n) is 1.67. The lowest BCUT2D eigenvalue weighted by atomic mass is 10.3. The van der Waals surface area contributed by atoms with Crippen LogP contribution in [0.3, 0.4) is 0 Å². The van der Waals surface area contributed by atoms with Crippen molar-refractivity contribution < 1.29 is 13.2 Å². The zero-order valence-electron chi connectivity index (χ0n) is 10.9. The average Bonchev–Trinajstić information content (AvgIpc) is 2.40. The number of anilines is 2. The largest absolute Gasteiger partial charge is 0.497 e. The maximum atomic E-state index is 12.4. The molecule has 2 rings (SSSR count). The van der Waals surface area contributed by atoms with Gasteiger partial charge >= 0.3 is 0 Å². The molecule has 0 heterocycles. The Labute approximate surface area is 136 Å². The van der Waals surface area contributed by atoms with Gasteiger partial charge in [-0.1, -0.05) is 11.6 Å². The van der Waals surface area contributed by atoms with Gasteiger partial charge in [0.15, 0.2) is 0 Å². The molecular weight excluding hydrogens is 380 g/mol. The molecule has 0 aliphatic carbocycles. The summed E-state index contributed by atoms with van der Waals surface area (Å²) in [5.74, 6) is 0.528. The van der Waals surface area contributed by atoms with E-state index in [0.29, 0.717) is 20.9 Å². The number of nitrogens with two attached hydrogens (primary N) is 1. The zero-order chi connectivity index (χ0) is 15.6. The summed E-state index contributed by atoms with van der Waals surface area (Å²) in [5, 5.41) is 0.369. The van der Waals surface area contributed by atoms with Crippen molar-refractivity contribution in [2.75, 3.05) is 17.6 Å². The monoisotopic (exact) mass is 390 g/mol. The van der Waals surface area contributed by atoms with E-state index in [0.717, 1.165) is 0 Å². The van der Waals surface area contributed by atoms with Crippen LogP contribution in [0, 0.1) is 0 Å². The molecule has 0 fully saturated rings. The SMILES string of the molecule is COc1ccc(Br)c(NS(=O)(=O)c2ccc(Cl)cc2N)c1. The van der Waals surface area contributed by atoms with Crippen molar-refractivity contribution >= 4 is 48.9 Å². The lowest BCUT2D eigenvalue weighted by Gasteiger charge is -2.12. The number of hydrogen-bond donors (Lipinski definition) is 2. The Morgan fingerprint density at radius 1 is 1.24 bits per heavy atom. The van der Waals surface area contributed by atoms with Crippen molar-refractivity contribution in [2.45, 2.75) is 4.90 Å². The first kappa shape index (κ1) is 15.9.